The third-order valence-corrected chi connectivity index (χ3v) is 5.63. The molecule has 1 aliphatic heterocycles. The molecule has 0 fully saturated rings. The highest BCUT2D eigenvalue weighted by Crippen LogP contribution is 2.33. The number of benzene rings is 1. The standard InChI is InChI=1S/C22H20ClN7/c1-12-15(6-4-8-24-12)19-16(9-14-5-3-7-17(23)18(14)30-19)13(2)29-22-20-21(26-10-25-20)27-11-28-22/h3-13,24H,1-2H3,(H2,25,26,27,28,29). The molecule has 0 amide bonds. The van der Waals surface area contributed by atoms with Gasteiger partial charge in [0.2, 0.25) is 0 Å². The van der Waals surface area contributed by atoms with Crippen molar-refractivity contribution in [3.05, 3.63) is 71.6 Å². The molecule has 4 heterocycles. The van der Waals surface area contributed by atoms with Crippen LogP contribution in [0.4, 0.5) is 5.82 Å². The number of imidazole rings is 1. The smallest absolute Gasteiger partial charge is 0.162 e. The number of rotatable bonds is 4. The minimum atomic E-state index is -0.0790. The Morgan fingerprint density at radius 3 is 2.93 bits per heavy atom. The molecular formula is C22H20ClN7. The largest absolute Gasteiger partial charge is 0.384 e. The van der Waals surface area contributed by atoms with Crippen LogP contribution in [0.5, 0.6) is 0 Å². The Labute approximate surface area is 178 Å². The number of halogens is 1. The molecule has 2 atom stereocenters. The van der Waals surface area contributed by atoms with Crippen molar-refractivity contribution in [1.82, 2.24) is 30.2 Å². The molecule has 3 aromatic heterocycles. The Hall–Kier alpha value is -3.45. The summed E-state index contributed by atoms with van der Waals surface area (Å²) < 4.78 is 0. The summed E-state index contributed by atoms with van der Waals surface area (Å²) in [5.41, 5.74) is 5.27. The summed E-state index contributed by atoms with van der Waals surface area (Å²) in [6.45, 7) is 4.21. The average molecular weight is 418 g/mol. The van der Waals surface area contributed by atoms with Gasteiger partial charge >= 0.3 is 0 Å². The molecule has 0 aliphatic carbocycles. The summed E-state index contributed by atoms with van der Waals surface area (Å²) in [5, 5.41) is 8.48. The Morgan fingerprint density at radius 2 is 2.07 bits per heavy atom. The maximum absolute atomic E-state index is 6.46. The topological polar surface area (TPSA) is 91.4 Å². The first-order valence-corrected chi connectivity index (χ1v) is 10.1. The van der Waals surface area contributed by atoms with Crippen LogP contribution < -0.4 is 10.6 Å². The zero-order valence-electron chi connectivity index (χ0n) is 16.5. The number of hydrogen-bond donors (Lipinski definition) is 3. The molecule has 1 aromatic carbocycles. The van der Waals surface area contributed by atoms with Crippen molar-refractivity contribution in [1.29, 1.82) is 0 Å². The van der Waals surface area contributed by atoms with E-state index in [1.165, 1.54) is 6.33 Å². The van der Waals surface area contributed by atoms with Crippen LogP contribution in [-0.2, 0) is 0 Å². The summed E-state index contributed by atoms with van der Waals surface area (Å²) in [6.07, 6.45) is 9.17. The van der Waals surface area contributed by atoms with E-state index in [1.807, 2.05) is 30.5 Å². The first kappa shape index (κ1) is 18.6. The van der Waals surface area contributed by atoms with Crippen LogP contribution >= 0.6 is 11.6 Å². The molecule has 3 N–H and O–H groups in total. The van der Waals surface area contributed by atoms with Gasteiger partial charge in [0.1, 0.15) is 11.8 Å². The van der Waals surface area contributed by atoms with E-state index in [4.69, 9.17) is 16.6 Å². The number of pyridine rings is 1. The van der Waals surface area contributed by atoms with Gasteiger partial charge in [-0.25, -0.2) is 19.9 Å². The lowest BCUT2D eigenvalue weighted by atomic mass is 9.94. The summed E-state index contributed by atoms with van der Waals surface area (Å²) in [4.78, 5) is 21.0. The summed E-state index contributed by atoms with van der Waals surface area (Å²) >= 11 is 6.46. The molecular weight excluding hydrogens is 398 g/mol. The van der Waals surface area contributed by atoms with Gasteiger partial charge in [-0.2, -0.15) is 0 Å². The van der Waals surface area contributed by atoms with Gasteiger partial charge in [0, 0.05) is 16.5 Å². The number of fused-ring (bicyclic) bond motifs is 2. The van der Waals surface area contributed by atoms with Crippen LogP contribution in [0, 0.1) is 0 Å². The first-order valence-electron chi connectivity index (χ1n) is 9.75. The molecule has 5 rings (SSSR count). The summed E-state index contributed by atoms with van der Waals surface area (Å²) in [7, 11) is 0. The lowest BCUT2D eigenvalue weighted by molar-refractivity contribution is 0.769. The summed E-state index contributed by atoms with van der Waals surface area (Å²) in [6, 6.07) is 8.04. The molecule has 0 radical (unpaired) electrons. The Morgan fingerprint density at radius 1 is 1.17 bits per heavy atom. The van der Waals surface area contributed by atoms with Crippen LogP contribution in [0.3, 0.4) is 0 Å². The lowest BCUT2D eigenvalue weighted by Gasteiger charge is -2.24. The van der Waals surface area contributed by atoms with Crippen molar-refractivity contribution in [2.45, 2.75) is 25.9 Å². The van der Waals surface area contributed by atoms with Crippen molar-refractivity contribution < 1.29 is 0 Å². The molecule has 0 bridgehead atoms. The molecule has 4 aromatic rings. The monoisotopic (exact) mass is 417 g/mol. The second-order valence-electron chi connectivity index (χ2n) is 7.30. The number of dihydropyridines is 1. The number of H-pyrrole nitrogens is 1. The number of nitrogens with zero attached hydrogens (tertiary/aromatic N) is 4. The van der Waals surface area contributed by atoms with E-state index in [-0.39, 0.29) is 12.1 Å². The second kappa shape index (κ2) is 7.42. The van der Waals surface area contributed by atoms with Crippen LogP contribution in [0.15, 0.2) is 55.3 Å². The quantitative estimate of drug-likeness (QED) is 0.449. The molecule has 30 heavy (non-hydrogen) atoms. The van der Waals surface area contributed by atoms with E-state index in [0.717, 1.165) is 27.7 Å². The van der Waals surface area contributed by atoms with Gasteiger partial charge in [0.25, 0.3) is 0 Å². The van der Waals surface area contributed by atoms with Crippen LogP contribution in [0.1, 0.15) is 31.1 Å². The zero-order valence-corrected chi connectivity index (χ0v) is 17.3. The van der Waals surface area contributed by atoms with Crippen molar-refractivity contribution in [2.75, 3.05) is 5.32 Å². The van der Waals surface area contributed by atoms with Gasteiger partial charge in [0.05, 0.1) is 34.6 Å². The third kappa shape index (κ3) is 3.17. The van der Waals surface area contributed by atoms with Crippen LogP contribution in [0.25, 0.3) is 27.6 Å². The molecule has 0 spiro atoms. The molecule has 1 aliphatic rings. The van der Waals surface area contributed by atoms with E-state index in [9.17, 15) is 0 Å². The van der Waals surface area contributed by atoms with Crippen LogP contribution in [-0.4, -0.2) is 31.0 Å². The number of allylic oxidation sites excluding steroid dienone is 2. The van der Waals surface area contributed by atoms with E-state index < -0.39 is 0 Å². The third-order valence-electron chi connectivity index (χ3n) is 5.32. The van der Waals surface area contributed by atoms with E-state index in [0.29, 0.717) is 22.0 Å². The summed E-state index contributed by atoms with van der Waals surface area (Å²) in [5.74, 6) is 0.676. The van der Waals surface area contributed by atoms with Crippen molar-refractivity contribution >= 4 is 45.1 Å². The van der Waals surface area contributed by atoms with Gasteiger partial charge in [0.15, 0.2) is 11.5 Å². The van der Waals surface area contributed by atoms with Crippen molar-refractivity contribution in [3.63, 3.8) is 0 Å². The Bertz CT molecular complexity index is 1310. The lowest BCUT2D eigenvalue weighted by Crippen LogP contribution is -2.26. The van der Waals surface area contributed by atoms with Crippen LogP contribution in [0.2, 0.25) is 5.02 Å². The number of para-hydroxylation sites is 1. The van der Waals surface area contributed by atoms with Gasteiger partial charge in [-0.1, -0.05) is 29.8 Å². The maximum Gasteiger partial charge on any atom is 0.162 e. The minimum absolute atomic E-state index is 0.0790. The molecule has 0 saturated carbocycles. The maximum atomic E-state index is 6.46. The van der Waals surface area contributed by atoms with E-state index >= 15 is 0 Å². The van der Waals surface area contributed by atoms with Crippen molar-refractivity contribution in [2.24, 2.45) is 0 Å². The predicted molar refractivity (Wildman–Crippen MR) is 120 cm³/mol. The molecule has 2 unspecified atom stereocenters. The zero-order chi connectivity index (χ0) is 20.7. The highest BCUT2D eigenvalue weighted by atomic mass is 35.5. The van der Waals surface area contributed by atoms with Gasteiger partial charge < -0.3 is 15.6 Å². The van der Waals surface area contributed by atoms with Crippen molar-refractivity contribution in [3.8, 4) is 0 Å². The predicted octanol–water partition coefficient (Wildman–Crippen LogP) is 4.62. The second-order valence-corrected chi connectivity index (χ2v) is 7.70. The van der Waals surface area contributed by atoms with E-state index in [1.54, 1.807) is 6.33 Å². The average Bonchev–Trinajstić information content (AvgIpc) is 3.24. The number of hydrogen-bond acceptors (Lipinski definition) is 6. The number of aromatic amines is 1. The minimum Gasteiger partial charge on any atom is -0.384 e. The van der Waals surface area contributed by atoms with E-state index in [2.05, 4.69) is 56.6 Å². The van der Waals surface area contributed by atoms with Gasteiger partial charge in [-0.3, -0.25) is 0 Å². The molecule has 0 saturated heterocycles. The first-order chi connectivity index (χ1) is 14.6. The molecule has 7 nitrogen and oxygen atoms in total. The fourth-order valence-corrected chi connectivity index (χ4v) is 3.99. The number of aromatic nitrogens is 5. The highest BCUT2D eigenvalue weighted by molar-refractivity contribution is 6.35. The Balaban J connectivity index is 1.65. The SMILES string of the molecule is CC1NC=CC=C1c1nc2c(Cl)cccc2cc1C(C)Nc1ncnc2[nH]cnc12. The molecule has 150 valence electrons. The Kier molecular flexibility index (Phi) is 4.59. The normalized spacial score (nSPS) is 17.0. The highest BCUT2D eigenvalue weighted by Gasteiger charge is 2.22. The number of nitrogens with one attached hydrogen (secondary N) is 3. The number of anilines is 1. The van der Waals surface area contributed by atoms with Gasteiger partial charge in [-0.15, -0.1) is 0 Å². The fraction of sp³-hybridized carbons (Fsp3) is 0.182. The van der Waals surface area contributed by atoms with Gasteiger partial charge in [-0.05, 0) is 38.3 Å². The molecule has 8 heteroatoms. The fourth-order valence-electron chi connectivity index (χ4n) is 3.76.